The Kier molecular flexibility index (Phi) is 4.17. The zero-order chi connectivity index (χ0) is 13.0. The van der Waals surface area contributed by atoms with Gasteiger partial charge in [-0.2, -0.15) is 0 Å². The van der Waals surface area contributed by atoms with Crippen LogP contribution in [0.5, 0.6) is 0 Å². The number of benzene rings is 1. The van der Waals surface area contributed by atoms with Crippen molar-refractivity contribution in [2.75, 3.05) is 5.73 Å². The average molecular weight is 230 g/mol. The molecule has 90 valence electrons. The standard InChI is InChI=1S/C14H18N2O/c1-5-11(6-2)16-14(17)12-8-13(15)10(4)7-9(12)3/h1,7-8,11H,6,15H2,2-4H3,(H,16,17). The second-order valence-electron chi connectivity index (χ2n) is 4.12. The molecule has 0 bridgehead atoms. The Morgan fingerprint density at radius 1 is 1.47 bits per heavy atom. The van der Waals surface area contributed by atoms with Gasteiger partial charge in [0.2, 0.25) is 0 Å². The van der Waals surface area contributed by atoms with Crippen LogP contribution in [0.15, 0.2) is 12.1 Å². The second-order valence-corrected chi connectivity index (χ2v) is 4.12. The number of rotatable bonds is 3. The quantitative estimate of drug-likeness (QED) is 0.616. The number of aryl methyl sites for hydroxylation is 2. The van der Waals surface area contributed by atoms with Crippen molar-refractivity contribution in [3.05, 3.63) is 28.8 Å². The van der Waals surface area contributed by atoms with E-state index in [1.165, 1.54) is 0 Å². The first-order valence-corrected chi connectivity index (χ1v) is 5.63. The number of anilines is 1. The Labute approximate surface area is 102 Å². The molecular weight excluding hydrogens is 212 g/mol. The number of carbonyl (C=O) groups excluding carboxylic acids is 1. The van der Waals surface area contributed by atoms with Gasteiger partial charge in [-0.05, 0) is 37.5 Å². The molecular formula is C14H18N2O. The van der Waals surface area contributed by atoms with E-state index in [0.717, 1.165) is 11.1 Å². The van der Waals surface area contributed by atoms with Crippen LogP contribution in [0.1, 0.15) is 34.8 Å². The molecule has 0 aliphatic carbocycles. The summed E-state index contributed by atoms with van der Waals surface area (Å²) in [5.74, 6) is 2.37. The van der Waals surface area contributed by atoms with E-state index in [9.17, 15) is 4.79 Å². The molecule has 0 fully saturated rings. The van der Waals surface area contributed by atoms with Crippen molar-refractivity contribution in [3.8, 4) is 12.3 Å². The number of nitrogens with two attached hydrogens (primary N) is 1. The molecule has 0 saturated carbocycles. The molecule has 3 N–H and O–H groups in total. The highest BCUT2D eigenvalue weighted by atomic mass is 16.1. The summed E-state index contributed by atoms with van der Waals surface area (Å²) in [5, 5.41) is 2.79. The predicted octanol–water partition coefficient (Wildman–Crippen LogP) is 2.03. The van der Waals surface area contributed by atoms with E-state index in [4.69, 9.17) is 12.2 Å². The lowest BCUT2D eigenvalue weighted by Crippen LogP contribution is -2.33. The Morgan fingerprint density at radius 2 is 2.12 bits per heavy atom. The monoisotopic (exact) mass is 230 g/mol. The molecule has 0 spiro atoms. The molecule has 0 aliphatic rings. The fourth-order valence-electron chi connectivity index (χ4n) is 1.61. The van der Waals surface area contributed by atoms with Gasteiger partial charge in [0.05, 0.1) is 6.04 Å². The third kappa shape index (κ3) is 3.01. The molecule has 0 aliphatic heterocycles. The predicted molar refractivity (Wildman–Crippen MR) is 70.7 cm³/mol. The molecule has 3 nitrogen and oxygen atoms in total. The largest absolute Gasteiger partial charge is 0.398 e. The first-order chi connectivity index (χ1) is 7.99. The third-order valence-electron chi connectivity index (χ3n) is 2.77. The minimum absolute atomic E-state index is 0.168. The van der Waals surface area contributed by atoms with Gasteiger partial charge in [-0.3, -0.25) is 4.79 Å². The minimum atomic E-state index is -0.232. The van der Waals surface area contributed by atoms with Crippen molar-refractivity contribution in [3.63, 3.8) is 0 Å². The number of hydrogen-bond donors (Lipinski definition) is 2. The number of nitrogen functional groups attached to an aromatic ring is 1. The molecule has 0 aromatic heterocycles. The van der Waals surface area contributed by atoms with E-state index in [-0.39, 0.29) is 11.9 Å². The molecule has 1 amide bonds. The summed E-state index contributed by atoms with van der Waals surface area (Å²) in [7, 11) is 0. The number of hydrogen-bond acceptors (Lipinski definition) is 2. The van der Waals surface area contributed by atoms with Gasteiger partial charge in [0, 0.05) is 11.3 Å². The van der Waals surface area contributed by atoms with E-state index in [0.29, 0.717) is 17.7 Å². The van der Waals surface area contributed by atoms with Crippen LogP contribution in [0.25, 0.3) is 0 Å². The van der Waals surface area contributed by atoms with Crippen LogP contribution in [0.3, 0.4) is 0 Å². The van der Waals surface area contributed by atoms with Gasteiger partial charge in [0.15, 0.2) is 0 Å². The highest BCUT2D eigenvalue weighted by molar-refractivity contribution is 5.97. The SMILES string of the molecule is C#CC(CC)NC(=O)c1cc(N)c(C)cc1C. The van der Waals surface area contributed by atoms with Crippen molar-refractivity contribution in [1.29, 1.82) is 0 Å². The summed E-state index contributed by atoms with van der Waals surface area (Å²) in [6.07, 6.45) is 6.02. The minimum Gasteiger partial charge on any atom is -0.398 e. The topological polar surface area (TPSA) is 55.1 Å². The molecule has 1 unspecified atom stereocenters. The summed E-state index contributed by atoms with van der Waals surface area (Å²) in [5.41, 5.74) is 8.89. The van der Waals surface area contributed by atoms with Crippen LogP contribution in [-0.4, -0.2) is 11.9 Å². The summed E-state index contributed by atoms with van der Waals surface area (Å²) in [6, 6.07) is 3.37. The molecule has 1 aromatic carbocycles. The van der Waals surface area contributed by atoms with Crippen LogP contribution in [0, 0.1) is 26.2 Å². The van der Waals surface area contributed by atoms with E-state index in [1.54, 1.807) is 6.07 Å². The summed E-state index contributed by atoms with van der Waals surface area (Å²) in [4.78, 5) is 12.0. The van der Waals surface area contributed by atoms with Crippen molar-refractivity contribution >= 4 is 11.6 Å². The summed E-state index contributed by atoms with van der Waals surface area (Å²) >= 11 is 0. The molecule has 0 heterocycles. The highest BCUT2D eigenvalue weighted by Gasteiger charge is 2.13. The number of nitrogens with one attached hydrogen (secondary N) is 1. The van der Waals surface area contributed by atoms with Gasteiger partial charge in [0.1, 0.15) is 0 Å². The lowest BCUT2D eigenvalue weighted by molar-refractivity contribution is 0.0944. The number of terminal acetylenes is 1. The zero-order valence-corrected chi connectivity index (χ0v) is 10.5. The maximum atomic E-state index is 12.0. The zero-order valence-electron chi connectivity index (χ0n) is 10.5. The van der Waals surface area contributed by atoms with Crippen molar-refractivity contribution < 1.29 is 4.79 Å². The molecule has 1 rings (SSSR count). The normalized spacial score (nSPS) is 11.6. The average Bonchev–Trinajstić information content (AvgIpc) is 2.30. The van der Waals surface area contributed by atoms with Crippen LogP contribution in [0.2, 0.25) is 0 Å². The molecule has 1 atom stereocenters. The third-order valence-corrected chi connectivity index (χ3v) is 2.77. The fourth-order valence-corrected chi connectivity index (χ4v) is 1.61. The van der Waals surface area contributed by atoms with Crippen LogP contribution in [0.4, 0.5) is 5.69 Å². The highest BCUT2D eigenvalue weighted by Crippen LogP contribution is 2.17. The summed E-state index contributed by atoms with van der Waals surface area (Å²) in [6.45, 7) is 5.74. The Balaban J connectivity index is 2.98. The van der Waals surface area contributed by atoms with Gasteiger partial charge < -0.3 is 11.1 Å². The van der Waals surface area contributed by atoms with Gasteiger partial charge in [-0.1, -0.05) is 18.9 Å². The van der Waals surface area contributed by atoms with Crippen molar-refractivity contribution in [2.24, 2.45) is 0 Å². The first-order valence-electron chi connectivity index (χ1n) is 5.63. The van der Waals surface area contributed by atoms with Crippen LogP contribution < -0.4 is 11.1 Å². The maximum absolute atomic E-state index is 12.0. The van der Waals surface area contributed by atoms with E-state index in [1.807, 2.05) is 26.8 Å². The van der Waals surface area contributed by atoms with Crippen LogP contribution >= 0.6 is 0 Å². The van der Waals surface area contributed by atoms with Gasteiger partial charge >= 0.3 is 0 Å². The van der Waals surface area contributed by atoms with Crippen LogP contribution in [-0.2, 0) is 0 Å². The lowest BCUT2D eigenvalue weighted by atomic mass is 10.0. The molecule has 0 radical (unpaired) electrons. The van der Waals surface area contributed by atoms with Crippen molar-refractivity contribution in [1.82, 2.24) is 5.32 Å². The second kappa shape index (κ2) is 5.40. The van der Waals surface area contributed by atoms with Gasteiger partial charge in [-0.25, -0.2) is 0 Å². The number of amides is 1. The Bertz CT molecular complexity index is 472. The molecule has 1 aromatic rings. The lowest BCUT2D eigenvalue weighted by Gasteiger charge is -2.13. The van der Waals surface area contributed by atoms with E-state index < -0.39 is 0 Å². The van der Waals surface area contributed by atoms with E-state index in [2.05, 4.69) is 11.2 Å². The first kappa shape index (κ1) is 13.1. The summed E-state index contributed by atoms with van der Waals surface area (Å²) < 4.78 is 0. The fraction of sp³-hybridized carbons (Fsp3) is 0.357. The Hall–Kier alpha value is -1.95. The smallest absolute Gasteiger partial charge is 0.252 e. The maximum Gasteiger partial charge on any atom is 0.252 e. The molecule has 17 heavy (non-hydrogen) atoms. The molecule has 3 heteroatoms. The number of carbonyl (C=O) groups is 1. The van der Waals surface area contributed by atoms with Crippen molar-refractivity contribution in [2.45, 2.75) is 33.2 Å². The van der Waals surface area contributed by atoms with E-state index >= 15 is 0 Å². The van der Waals surface area contributed by atoms with Gasteiger partial charge in [-0.15, -0.1) is 6.42 Å². The molecule has 0 saturated heterocycles. The Morgan fingerprint density at radius 3 is 2.65 bits per heavy atom. The van der Waals surface area contributed by atoms with Gasteiger partial charge in [0.25, 0.3) is 5.91 Å².